The van der Waals surface area contributed by atoms with Crippen molar-refractivity contribution in [1.29, 1.82) is 0 Å². The number of hydrogen-bond acceptors (Lipinski definition) is 5. The quantitative estimate of drug-likeness (QED) is 0.726. The van der Waals surface area contributed by atoms with Gasteiger partial charge in [0, 0.05) is 23.8 Å². The van der Waals surface area contributed by atoms with Crippen LogP contribution in [0.1, 0.15) is 17.3 Å². The third-order valence-corrected chi connectivity index (χ3v) is 5.77. The zero-order chi connectivity index (χ0) is 17.2. The molecule has 1 fully saturated rings. The Morgan fingerprint density at radius 2 is 2.00 bits per heavy atom. The van der Waals surface area contributed by atoms with E-state index in [1.54, 1.807) is 6.92 Å². The highest BCUT2D eigenvalue weighted by atomic mass is 79.9. The Balaban J connectivity index is 2.01. The van der Waals surface area contributed by atoms with Crippen LogP contribution < -0.4 is 5.32 Å². The minimum Gasteiger partial charge on any atom is -0.340 e. The molecule has 23 heavy (non-hydrogen) atoms. The maximum atomic E-state index is 12.3. The van der Waals surface area contributed by atoms with Gasteiger partial charge in [-0.25, -0.2) is 13.4 Å². The number of aromatic nitrogens is 1. The van der Waals surface area contributed by atoms with E-state index in [2.05, 4.69) is 26.2 Å². The summed E-state index contributed by atoms with van der Waals surface area (Å²) in [5, 5.41) is 2.59. The second kappa shape index (κ2) is 7.14. The first kappa shape index (κ1) is 18.2. The van der Waals surface area contributed by atoms with Gasteiger partial charge in [0.2, 0.25) is 5.91 Å². The molecule has 126 valence electrons. The summed E-state index contributed by atoms with van der Waals surface area (Å²) >= 11 is 9.08. The molecule has 0 aromatic carbocycles. The van der Waals surface area contributed by atoms with Crippen molar-refractivity contribution in [3.8, 4) is 0 Å². The van der Waals surface area contributed by atoms with E-state index in [1.165, 1.54) is 17.2 Å². The number of halogens is 2. The molecule has 0 spiro atoms. The van der Waals surface area contributed by atoms with Gasteiger partial charge in [-0.3, -0.25) is 9.59 Å². The fourth-order valence-electron chi connectivity index (χ4n) is 2.12. The summed E-state index contributed by atoms with van der Waals surface area (Å²) in [6.07, 6.45) is 1.46. The molecule has 1 N–H and O–H groups in total. The molecule has 1 aliphatic heterocycles. The molecule has 1 aromatic rings. The van der Waals surface area contributed by atoms with Gasteiger partial charge in [-0.15, -0.1) is 0 Å². The summed E-state index contributed by atoms with van der Waals surface area (Å²) in [4.78, 5) is 29.8. The molecule has 0 bridgehead atoms. The van der Waals surface area contributed by atoms with Crippen molar-refractivity contribution in [3.63, 3.8) is 0 Å². The molecular weight excluding hydrogens is 410 g/mol. The highest BCUT2D eigenvalue weighted by Gasteiger charge is 2.29. The highest BCUT2D eigenvalue weighted by Crippen LogP contribution is 2.18. The van der Waals surface area contributed by atoms with E-state index >= 15 is 0 Å². The number of pyridine rings is 1. The minimum atomic E-state index is -3.06. The Kier molecular flexibility index (Phi) is 5.64. The summed E-state index contributed by atoms with van der Waals surface area (Å²) in [5.74, 6) is -0.955. The van der Waals surface area contributed by atoms with Gasteiger partial charge in [0.15, 0.2) is 9.84 Å². The summed E-state index contributed by atoms with van der Waals surface area (Å²) < 4.78 is 23.4. The molecular formula is C13H15BrClN3O4S. The normalized spacial score (nSPS) is 18.3. The number of sulfone groups is 1. The van der Waals surface area contributed by atoms with Crippen LogP contribution in [-0.4, -0.2) is 60.8 Å². The van der Waals surface area contributed by atoms with Crippen molar-refractivity contribution < 1.29 is 18.0 Å². The van der Waals surface area contributed by atoms with Crippen molar-refractivity contribution in [2.75, 3.05) is 24.6 Å². The monoisotopic (exact) mass is 423 g/mol. The molecule has 2 rings (SSSR count). The molecule has 1 unspecified atom stereocenters. The molecule has 1 aliphatic rings. The molecule has 2 heterocycles. The lowest BCUT2D eigenvalue weighted by Gasteiger charge is -2.29. The minimum absolute atomic E-state index is 0.0365. The predicted octanol–water partition coefficient (Wildman–Crippen LogP) is 0.873. The third-order valence-electron chi connectivity index (χ3n) is 3.42. The Labute approximate surface area is 147 Å². The van der Waals surface area contributed by atoms with Gasteiger partial charge in [-0.2, -0.15) is 0 Å². The van der Waals surface area contributed by atoms with E-state index in [4.69, 9.17) is 11.6 Å². The molecule has 1 saturated heterocycles. The van der Waals surface area contributed by atoms with E-state index < -0.39 is 21.8 Å². The first-order valence-corrected chi connectivity index (χ1v) is 9.80. The van der Waals surface area contributed by atoms with Gasteiger partial charge >= 0.3 is 0 Å². The zero-order valence-corrected chi connectivity index (χ0v) is 15.4. The third kappa shape index (κ3) is 4.65. The van der Waals surface area contributed by atoms with Crippen LogP contribution in [0.5, 0.6) is 0 Å². The first-order chi connectivity index (χ1) is 10.7. The smallest absolute Gasteiger partial charge is 0.255 e. The van der Waals surface area contributed by atoms with Crippen LogP contribution in [0.3, 0.4) is 0 Å². The average molecular weight is 425 g/mol. The van der Waals surface area contributed by atoms with E-state index in [1.807, 2.05) is 0 Å². The second-order valence-corrected chi connectivity index (χ2v) is 8.74. The zero-order valence-electron chi connectivity index (χ0n) is 12.3. The Morgan fingerprint density at radius 3 is 2.61 bits per heavy atom. The lowest BCUT2D eigenvalue weighted by atomic mass is 10.2. The van der Waals surface area contributed by atoms with Gasteiger partial charge in [-0.05, 0) is 28.9 Å². The maximum absolute atomic E-state index is 12.3. The number of carbonyl (C=O) groups is 2. The highest BCUT2D eigenvalue weighted by molar-refractivity contribution is 9.10. The number of rotatable bonds is 3. The van der Waals surface area contributed by atoms with Gasteiger partial charge in [0.25, 0.3) is 5.91 Å². The van der Waals surface area contributed by atoms with Gasteiger partial charge in [0.1, 0.15) is 11.2 Å². The summed E-state index contributed by atoms with van der Waals surface area (Å²) in [7, 11) is -3.06. The van der Waals surface area contributed by atoms with Crippen LogP contribution in [0.15, 0.2) is 16.7 Å². The fourth-order valence-corrected chi connectivity index (χ4v) is 3.85. The molecule has 0 radical (unpaired) electrons. The predicted molar refractivity (Wildman–Crippen MR) is 89.1 cm³/mol. The summed E-state index contributed by atoms with van der Waals surface area (Å²) in [6.45, 7) is 1.82. The topological polar surface area (TPSA) is 96.4 Å². The van der Waals surface area contributed by atoms with Crippen molar-refractivity contribution in [2.45, 2.75) is 13.0 Å². The van der Waals surface area contributed by atoms with Gasteiger partial charge in [-0.1, -0.05) is 11.6 Å². The van der Waals surface area contributed by atoms with Crippen molar-refractivity contribution in [3.05, 3.63) is 27.5 Å². The van der Waals surface area contributed by atoms with E-state index in [0.29, 0.717) is 4.47 Å². The Hall–Kier alpha value is -1.19. The Bertz CT molecular complexity index is 727. The molecule has 0 saturated carbocycles. The van der Waals surface area contributed by atoms with E-state index in [9.17, 15) is 18.0 Å². The lowest BCUT2D eigenvalue weighted by Crippen LogP contribution is -2.51. The van der Waals surface area contributed by atoms with Crippen molar-refractivity contribution >= 4 is 49.2 Å². The van der Waals surface area contributed by atoms with Crippen LogP contribution in [0.25, 0.3) is 0 Å². The van der Waals surface area contributed by atoms with Crippen molar-refractivity contribution in [1.82, 2.24) is 15.2 Å². The van der Waals surface area contributed by atoms with Crippen LogP contribution in [0.4, 0.5) is 0 Å². The lowest BCUT2D eigenvalue weighted by molar-refractivity contribution is -0.132. The summed E-state index contributed by atoms with van der Waals surface area (Å²) in [5.41, 5.74) is 0.155. The molecule has 2 amide bonds. The van der Waals surface area contributed by atoms with Crippen molar-refractivity contribution in [2.24, 2.45) is 0 Å². The largest absolute Gasteiger partial charge is 0.340 e. The number of nitrogens with one attached hydrogen (secondary N) is 1. The SMILES string of the molecule is CC(NC(=O)c1cc(Br)cnc1Cl)C(=O)N1CCS(=O)(=O)CC1. The molecule has 0 aliphatic carbocycles. The first-order valence-electron chi connectivity index (χ1n) is 6.81. The van der Waals surface area contributed by atoms with Crippen LogP contribution >= 0.6 is 27.5 Å². The van der Waals surface area contributed by atoms with Crippen LogP contribution in [-0.2, 0) is 14.6 Å². The fraction of sp³-hybridized carbons (Fsp3) is 0.462. The standard InChI is InChI=1S/C13H15BrClN3O4S/c1-8(13(20)18-2-4-23(21,22)5-3-18)17-12(19)10-6-9(14)7-16-11(10)15/h6-8H,2-5H2,1H3,(H,17,19). The van der Waals surface area contributed by atoms with Crippen LogP contribution in [0, 0.1) is 0 Å². The molecule has 1 atom stereocenters. The van der Waals surface area contributed by atoms with Gasteiger partial charge < -0.3 is 10.2 Å². The van der Waals surface area contributed by atoms with Crippen LogP contribution in [0.2, 0.25) is 5.15 Å². The molecule has 7 nitrogen and oxygen atoms in total. The maximum Gasteiger partial charge on any atom is 0.255 e. The average Bonchev–Trinajstić information content (AvgIpc) is 2.48. The second-order valence-electron chi connectivity index (χ2n) is 5.16. The number of nitrogens with zero attached hydrogens (tertiary/aromatic N) is 2. The van der Waals surface area contributed by atoms with Gasteiger partial charge in [0.05, 0.1) is 17.1 Å². The molecule has 1 aromatic heterocycles. The number of carbonyl (C=O) groups excluding carboxylic acids is 2. The molecule has 10 heteroatoms. The number of amides is 2. The Morgan fingerprint density at radius 1 is 1.39 bits per heavy atom. The summed E-state index contributed by atoms with van der Waals surface area (Å²) in [6, 6.07) is 0.716. The number of hydrogen-bond donors (Lipinski definition) is 1. The van der Waals surface area contributed by atoms with E-state index in [0.717, 1.165) is 0 Å². The van der Waals surface area contributed by atoms with E-state index in [-0.39, 0.29) is 41.2 Å².